The molecule has 1 radical (unpaired) electrons. The number of rotatable bonds is 6. The molecule has 0 bridgehead atoms. The van der Waals surface area contributed by atoms with E-state index < -0.39 is 25.2 Å². The molecule has 0 aromatic heterocycles. The van der Waals surface area contributed by atoms with Crippen LogP contribution in [0.15, 0.2) is 36.4 Å². The van der Waals surface area contributed by atoms with E-state index in [-0.39, 0.29) is 38.6 Å². The van der Waals surface area contributed by atoms with Gasteiger partial charge in [0.1, 0.15) is 24.7 Å². The van der Waals surface area contributed by atoms with Gasteiger partial charge in [-0.15, -0.1) is 0 Å². The minimum absolute atomic E-state index is 0. The van der Waals surface area contributed by atoms with Crippen LogP contribution in [-0.2, 0) is 26.7 Å². The van der Waals surface area contributed by atoms with Gasteiger partial charge < -0.3 is 29.3 Å². The summed E-state index contributed by atoms with van der Waals surface area (Å²) in [6, 6.07) is 9.03. The van der Waals surface area contributed by atoms with E-state index >= 15 is 0 Å². The van der Waals surface area contributed by atoms with Crippen molar-refractivity contribution in [2.75, 3.05) is 13.2 Å². The van der Waals surface area contributed by atoms with E-state index in [1.165, 1.54) is 24.3 Å². The minimum Gasteiger partial charge on any atom is -0.546 e. The number of carbonyl (C=O) groups excluding carboxylic acids is 2. The van der Waals surface area contributed by atoms with Gasteiger partial charge in [0.05, 0.1) is 22.0 Å². The first-order chi connectivity index (χ1) is 12.2. The fourth-order valence-corrected chi connectivity index (χ4v) is 2.38. The van der Waals surface area contributed by atoms with Crippen molar-refractivity contribution < 1.29 is 46.3 Å². The molecule has 2 aromatic rings. The molecule has 0 N–H and O–H groups in total. The van der Waals surface area contributed by atoms with Crippen LogP contribution in [0.4, 0.5) is 0 Å². The first-order valence-electron chi connectivity index (χ1n) is 6.74. The summed E-state index contributed by atoms with van der Waals surface area (Å²) in [5.41, 5.74) is 0. The summed E-state index contributed by atoms with van der Waals surface area (Å²) < 4.78 is 9.60. The predicted octanol–water partition coefficient (Wildman–Crippen LogP) is 2.24. The molecular formula is C16H10Cl4CuO6. The Morgan fingerprint density at radius 1 is 0.741 bits per heavy atom. The van der Waals surface area contributed by atoms with Gasteiger partial charge in [0.15, 0.2) is 0 Å². The SMILES string of the molecule is O=C([O-])COc1ccc(Cl)cc1Cl.O=C([O-])COc1ccc(Cl)cc1Cl.[Cu+2]. The molecule has 0 saturated heterocycles. The zero-order valence-corrected chi connectivity index (χ0v) is 17.1. The van der Waals surface area contributed by atoms with Crippen molar-refractivity contribution in [1.82, 2.24) is 0 Å². The summed E-state index contributed by atoms with van der Waals surface area (Å²) in [5.74, 6) is -2.05. The van der Waals surface area contributed by atoms with Gasteiger partial charge in [-0.2, -0.15) is 0 Å². The van der Waals surface area contributed by atoms with Gasteiger partial charge in [-0.3, -0.25) is 0 Å². The number of hydrogen-bond acceptors (Lipinski definition) is 6. The van der Waals surface area contributed by atoms with Crippen molar-refractivity contribution >= 4 is 58.3 Å². The molecule has 149 valence electrons. The van der Waals surface area contributed by atoms with Crippen molar-refractivity contribution in [3.05, 3.63) is 56.5 Å². The number of aliphatic carboxylic acids is 2. The van der Waals surface area contributed by atoms with Crippen molar-refractivity contribution in [3.8, 4) is 11.5 Å². The maximum Gasteiger partial charge on any atom is 2.00 e. The molecule has 0 amide bonds. The van der Waals surface area contributed by atoms with E-state index in [1.807, 2.05) is 0 Å². The first kappa shape index (κ1) is 25.7. The zero-order chi connectivity index (χ0) is 19.7. The first-order valence-corrected chi connectivity index (χ1v) is 8.25. The summed E-state index contributed by atoms with van der Waals surface area (Å²) >= 11 is 22.6. The molecule has 0 spiro atoms. The molecule has 0 aliphatic heterocycles. The van der Waals surface area contributed by atoms with Crippen molar-refractivity contribution in [2.24, 2.45) is 0 Å². The van der Waals surface area contributed by atoms with Crippen molar-refractivity contribution in [2.45, 2.75) is 0 Å². The summed E-state index contributed by atoms with van der Waals surface area (Å²) in [6.45, 7) is -1.05. The Balaban J connectivity index is 0.000000483. The molecular weight excluding hydrogens is 494 g/mol. The quantitative estimate of drug-likeness (QED) is 0.561. The van der Waals surface area contributed by atoms with E-state index in [2.05, 4.69) is 0 Å². The Bertz CT molecular complexity index is 722. The van der Waals surface area contributed by atoms with E-state index in [4.69, 9.17) is 55.9 Å². The standard InChI is InChI=1S/2C8H6Cl2O3.Cu/c2*9-5-1-2-7(6(10)3-5)13-4-8(11)12;/h2*1-3H,4H2,(H,11,12);/q;;+2/p-2. The zero-order valence-electron chi connectivity index (χ0n) is 13.1. The molecule has 0 saturated carbocycles. The summed E-state index contributed by atoms with van der Waals surface area (Å²) in [7, 11) is 0. The van der Waals surface area contributed by atoms with Crippen LogP contribution in [-0.4, -0.2) is 25.2 Å². The summed E-state index contributed by atoms with van der Waals surface area (Å²) in [6.07, 6.45) is 0. The molecule has 2 rings (SSSR count). The van der Waals surface area contributed by atoms with E-state index in [0.717, 1.165) is 0 Å². The third kappa shape index (κ3) is 10.5. The van der Waals surface area contributed by atoms with Crippen LogP contribution in [0.2, 0.25) is 20.1 Å². The van der Waals surface area contributed by atoms with Gasteiger partial charge in [0.25, 0.3) is 0 Å². The monoisotopic (exact) mass is 501 g/mol. The summed E-state index contributed by atoms with van der Waals surface area (Å²) in [5, 5.41) is 21.6. The molecule has 0 aliphatic carbocycles. The van der Waals surface area contributed by atoms with Gasteiger partial charge in [0, 0.05) is 10.0 Å². The van der Waals surface area contributed by atoms with Crippen LogP contribution in [0.3, 0.4) is 0 Å². The topological polar surface area (TPSA) is 98.7 Å². The minimum atomic E-state index is -1.30. The van der Waals surface area contributed by atoms with E-state index in [0.29, 0.717) is 10.0 Å². The van der Waals surface area contributed by atoms with E-state index in [9.17, 15) is 19.8 Å². The third-order valence-corrected chi connectivity index (χ3v) is 3.54. The van der Waals surface area contributed by atoms with Gasteiger partial charge in [-0.05, 0) is 36.4 Å². The van der Waals surface area contributed by atoms with Crippen LogP contribution >= 0.6 is 46.4 Å². The summed E-state index contributed by atoms with van der Waals surface area (Å²) in [4.78, 5) is 20.1. The molecule has 0 unspecified atom stereocenters. The molecule has 2 aromatic carbocycles. The Kier molecular flexibility index (Phi) is 12.3. The molecule has 0 atom stereocenters. The van der Waals surface area contributed by atoms with Crippen molar-refractivity contribution in [1.29, 1.82) is 0 Å². The second kappa shape index (κ2) is 12.9. The maximum absolute atomic E-state index is 10.0. The molecule has 0 aliphatic rings. The van der Waals surface area contributed by atoms with Crippen LogP contribution in [0.1, 0.15) is 0 Å². The largest absolute Gasteiger partial charge is 2.00 e. The normalized spacial score (nSPS) is 9.33. The van der Waals surface area contributed by atoms with Crippen molar-refractivity contribution in [3.63, 3.8) is 0 Å². The smallest absolute Gasteiger partial charge is 0.546 e. The van der Waals surface area contributed by atoms with Crippen LogP contribution < -0.4 is 19.7 Å². The second-order valence-electron chi connectivity index (χ2n) is 4.47. The number of carboxylic acids is 2. The van der Waals surface area contributed by atoms with Crippen LogP contribution in [0.5, 0.6) is 11.5 Å². The van der Waals surface area contributed by atoms with Gasteiger partial charge in [0.2, 0.25) is 0 Å². The van der Waals surface area contributed by atoms with Gasteiger partial charge in [-0.25, -0.2) is 0 Å². The third-order valence-electron chi connectivity index (χ3n) is 2.48. The number of benzene rings is 2. The Hall–Kier alpha value is -1.34. The fourth-order valence-electron chi connectivity index (χ4n) is 1.46. The molecule has 0 fully saturated rings. The number of ether oxygens (including phenoxy) is 2. The molecule has 11 heteroatoms. The Morgan fingerprint density at radius 2 is 1.07 bits per heavy atom. The second-order valence-corrected chi connectivity index (χ2v) is 6.16. The van der Waals surface area contributed by atoms with Crippen LogP contribution in [0, 0.1) is 0 Å². The van der Waals surface area contributed by atoms with Gasteiger partial charge in [-0.1, -0.05) is 46.4 Å². The fraction of sp³-hybridized carbons (Fsp3) is 0.125. The number of hydrogen-bond donors (Lipinski definition) is 0. The molecule has 27 heavy (non-hydrogen) atoms. The number of carbonyl (C=O) groups is 2. The van der Waals surface area contributed by atoms with E-state index in [1.54, 1.807) is 12.1 Å². The average molecular weight is 504 g/mol. The molecule has 6 nitrogen and oxygen atoms in total. The van der Waals surface area contributed by atoms with Gasteiger partial charge >= 0.3 is 17.1 Å². The predicted molar refractivity (Wildman–Crippen MR) is 93.9 cm³/mol. The Labute approximate surface area is 185 Å². The molecule has 0 heterocycles. The van der Waals surface area contributed by atoms with Crippen LogP contribution in [0.25, 0.3) is 0 Å². The number of carboxylic acid groups (broad SMARTS) is 2. The Morgan fingerprint density at radius 3 is 1.33 bits per heavy atom. The number of halogens is 4. The maximum atomic E-state index is 10.0. The average Bonchev–Trinajstić information content (AvgIpc) is 2.53.